The second-order valence-corrected chi connectivity index (χ2v) is 7.70. The summed E-state index contributed by atoms with van der Waals surface area (Å²) in [7, 11) is 0. The highest BCUT2D eigenvalue weighted by atomic mass is 19.1. The minimum atomic E-state index is -0.385. The fourth-order valence-corrected chi connectivity index (χ4v) is 3.75. The van der Waals surface area contributed by atoms with E-state index >= 15 is 0 Å². The number of benzene rings is 2. The third-order valence-electron chi connectivity index (χ3n) is 5.30. The molecule has 2 heterocycles. The molecule has 1 saturated heterocycles. The predicted molar refractivity (Wildman–Crippen MR) is 119 cm³/mol. The average molecular weight is 436 g/mol. The van der Waals surface area contributed by atoms with E-state index in [4.69, 9.17) is 4.74 Å². The number of nitrogens with zero attached hydrogens (tertiary/aromatic N) is 2. The van der Waals surface area contributed by atoms with Crippen LogP contribution in [0.2, 0.25) is 0 Å². The number of anilines is 1. The van der Waals surface area contributed by atoms with Crippen molar-refractivity contribution in [2.24, 2.45) is 0 Å². The molecule has 2 aromatic carbocycles. The van der Waals surface area contributed by atoms with Crippen LogP contribution in [0.5, 0.6) is 0 Å². The first-order valence-electron chi connectivity index (χ1n) is 10.6. The second-order valence-electron chi connectivity index (χ2n) is 7.70. The van der Waals surface area contributed by atoms with Gasteiger partial charge in [0.05, 0.1) is 31.4 Å². The Hall–Kier alpha value is -3.52. The van der Waals surface area contributed by atoms with Crippen molar-refractivity contribution in [2.45, 2.75) is 18.9 Å². The Morgan fingerprint density at radius 2 is 1.91 bits per heavy atom. The summed E-state index contributed by atoms with van der Waals surface area (Å²) in [6, 6.07) is 16.6. The van der Waals surface area contributed by atoms with Gasteiger partial charge in [0.15, 0.2) is 0 Å². The van der Waals surface area contributed by atoms with Gasteiger partial charge < -0.3 is 15.0 Å². The Kier molecular flexibility index (Phi) is 6.91. The second kappa shape index (κ2) is 10.2. The largest absolute Gasteiger partial charge is 0.378 e. The van der Waals surface area contributed by atoms with Crippen molar-refractivity contribution in [3.8, 4) is 0 Å². The molecule has 32 heavy (non-hydrogen) atoms. The van der Waals surface area contributed by atoms with E-state index in [1.54, 1.807) is 12.1 Å². The highest BCUT2D eigenvalue weighted by Gasteiger charge is 2.19. The summed E-state index contributed by atoms with van der Waals surface area (Å²) in [5.74, 6) is -0.102. The summed E-state index contributed by atoms with van der Waals surface area (Å²) >= 11 is 0. The van der Waals surface area contributed by atoms with E-state index in [1.807, 2.05) is 35.2 Å². The Balaban J connectivity index is 1.54. The third kappa shape index (κ3) is 5.79. The van der Waals surface area contributed by atoms with Gasteiger partial charge >= 0.3 is 0 Å². The SMILES string of the molecule is O=C(Cc1cccc(F)c1)NC(Cc1cc(=O)[nH]c(N2CCOCC2)n1)c1ccccc1. The molecule has 0 bridgehead atoms. The molecule has 0 aliphatic carbocycles. The normalized spacial score (nSPS) is 14.7. The molecule has 1 unspecified atom stereocenters. The molecule has 1 atom stereocenters. The van der Waals surface area contributed by atoms with Crippen LogP contribution in [-0.4, -0.2) is 42.2 Å². The lowest BCUT2D eigenvalue weighted by Gasteiger charge is -2.27. The number of nitrogens with one attached hydrogen (secondary N) is 2. The number of hydrogen-bond acceptors (Lipinski definition) is 5. The molecule has 8 heteroatoms. The highest BCUT2D eigenvalue weighted by molar-refractivity contribution is 5.79. The molecule has 1 aliphatic heterocycles. The number of halogens is 1. The van der Waals surface area contributed by atoms with E-state index in [0.29, 0.717) is 49.9 Å². The van der Waals surface area contributed by atoms with Crippen LogP contribution in [0.25, 0.3) is 0 Å². The Labute approximate surface area is 185 Å². The number of rotatable bonds is 7. The molecule has 1 aliphatic rings. The smallest absolute Gasteiger partial charge is 0.252 e. The minimum absolute atomic E-state index is 0.0585. The van der Waals surface area contributed by atoms with Crippen molar-refractivity contribution in [3.63, 3.8) is 0 Å². The lowest BCUT2D eigenvalue weighted by Crippen LogP contribution is -2.38. The van der Waals surface area contributed by atoms with E-state index < -0.39 is 0 Å². The zero-order chi connectivity index (χ0) is 22.3. The molecule has 166 valence electrons. The number of hydrogen-bond donors (Lipinski definition) is 2. The lowest BCUT2D eigenvalue weighted by molar-refractivity contribution is -0.121. The first-order valence-corrected chi connectivity index (χ1v) is 10.6. The van der Waals surface area contributed by atoms with E-state index in [-0.39, 0.29) is 29.7 Å². The van der Waals surface area contributed by atoms with E-state index in [1.165, 1.54) is 18.2 Å². The molecule has 4 rings (SSSR count). The van der Waals surface area contributed by atoms with E-state index in [9.17, 15) is 14.0 Å². The van der Waals surface area contributed by atoms with Gasteiger partial charge in [0.25, 0.3) is 5.56 Å². The maximum absolute atomic E-state index is 13.5. The number of carbonyl (C=O) groups excluding carboxylic acids is 1. The van der Waals surface area contributed by atoms with Gasteiger partial charge in [0.2, 0.25) is 11.9 Å². The summed E-state index contributed by atoms with van der Waals surface area (Å²) < 4.78 is 18.8. The minimum Gasteiger partial charge on any atom is -0.378 e. The molecule has 7 nitrogen and oxygen atoms in total. The van der Waals surface area contributed by atoms with Crippen LogP contribution in [0.1, 0.15) is 22.9 Å². The Bertz CT molecular complexity index is 1110. The van der Waals surface area contributed by atoms with Crippen LogP contribution in [-0.2, 0) is 22.4 Å². The molecular weight excluding hydrogens is 411 g/mol. The van der Waals surface area contributed by atoms with Gasteiger partial charge in [-0.2, -0.15) is 0 Å². The van der Waals surface area contributed by atoms with Gasteiger partial charge in [-0.1, -0.05) is 42.5 Å². The molecule has 2 N–H and O–H groups in total. The highest BCUT2D eigenvalue weighted by Crippen LogP contribution is 2.19. The third-order valence-corrected chi connectivity index (χ3v) is 5.30. The average Bonchev–Trinajstić information content (AvgIpc) is 2.79. The van der Waals surface area contributed by atoms with Crippen LogP contribution < -0.4 is 15.8 Å². The Morgan fingerprint density at radius 3 is 2.66 bits per heavy atom. The number of morpholine rings is 1. The summed E-state index contributed by atoms with van der Waals surface area (Å²) in [5.41, 5.74) is 1.83. The fourth-order valence-electron chi connectivity index (χ4n) is 3.75. The fraction of sp³-hybridized carbons (Fsp3) is 0.292. The standard InChI is InChI=1S/C24H25FN4O3/c25-19-8-4-5-17(13-19)14-22(30)27-21(18-6-2-1-3-7-18)15-20-16-23(31)28-24(26-20)29-9-11-32-12-10-29/h1-8,13,16,21H,9-12,14-15H2,(H,27,30)(H,26,28,31). The summed E-state index contributed by atoms with van der Waals surface area (Å²) in [4.78, 5) is 34.4. The van der Waals surface area contributed by atoms with Crippen LogP contribution in [0.15, 0.2) is 65.5 Å². The molecule has 0 radical (unpaired) electrons. The lowest BCUT2D eigenvalue weighted by atomic mass is 10.0. The summed E-state index contributed by atoms with van der Waals surface area (Å²) in [6.07, 6.45) is 0.406. The van der Waals surface area contributed by atoms with Crippen molar-refractivity contribution < 1.29 is 13.9 Å². The number of carbonyl (C=O) groups is 1. The number of aromatic amines is 1. The van der Waals surface area contributed by atoms with Crippen LogP contribution >= 0.6 is 0 Å². The number of ether oxygens (including phenoxy) is 1. The number of H-pyrrole nitrogens is 1. The van der Waals surface area contributed by atoms with Gasteiger partial charge in [-0.15, -0.1) is 0 Å². The van der Waals surface area contributed by atoms with Crippen molar-refractivity contribution in [1.82, 2.24) is 15.3 Å². The molecule has 1 amide bonds. The van der Waals surface area contributed by atoms with Crippen LogP contribution in [0, 0.1) is 5.82 Å². The van der Waals surface area contributed by atoms with E-state index in [0.717, 1.165) is 5.56 Å². The zero-order valence-electron chi connectivity index (χ0n) is 17.6. The maximum Gasteiger partial charge on any atom is 0.252 e. The van der Waals surface area contributed by atoms with Gasteiger partial charge in [-0.25, -0.2) is 9.37 Å². The quantitative estimate of drug-likeness (QED) is 0.594. The topological polar surface area (TPSA) is 87.3 Å². The van der Waals surface area contributed by atoms with E-state index in [2.05, 4.69) is 15.3 Å². The molecule has 0 saturated carbocycles. The van der Waals surface area contributed by atoms with Gasteiger partial charge in [-0.05, 0) is 23.3 Å². The van der Waals surface area contributed by atoms with Gasteiger partial charge in [0, 0.05) is 25.6 Å². The first-order chi connectivity index (χ1) is 15.6. The summed E-state index contributed by atoms with van der Waals surface area (Å²) in [5, 5.41) is 3.02. The number of aromatic nitrogens is 2. The van der Waals surface area contributed by atoms with Crippen LogP contribution in [0.4, 0.5) is 10.3 Å². The predicted octanol–water partition coefficient (Wildman–Crippen LogP) is 2.39. The summed E-state index contributed by atoms with van der Waals surface area (Å²) in [6.45, 7) is 2.46. The molecule has 3 aromatic rings. The zero-order valence-corrected chi connectivity index (χ0v) is 17.6. The molecule has 0 spiro atoms. The molecular formula is C24H25FN4O3. The molecule has 1 fully saturated rings. The first kappa shape index (κ1) is 21.7. The van der Waals surface area contributed by atoms with Crippen molar-refractivity contribution in [3.05, 3.63) is 93.7 Å². The molecule has 1 aromatic heterocycles. The maximum atomic E-state index is 13.5. The van der Waals surface area contributed by atoms with Crippen molar-refractivity contribution >= 4 is 11.9 Å². The van der Waals surface area contributed by atoms with Gasteiger partial charge in [0.1, 0.15) is 5.82 Å². The van der Waals surface area contributed by atoms with Crippen LogP contribution in [0.3, 0.4) is 0 Å². The Morgan fingerprint density at radius 1 is 1.12 bits per heavy atom. The number of amides is 1. The van der Waals surface area contributed by atoms with Crippen molar-refractivity contribution in [1.29, 1.82) is 0 Å². The van der Waals surface area contributed by atoms with Gasteiger partial charge in [-0.3, -0.25) is 14.6 Å². The van der Waals surface area contributed by atoms with Crippen molar-refractivity contribution in [2.75, 3.05) is 31.2 Å². The monoisotopic (exact) mass is 436 g/mol.